The average Bonchev–Trinajstić information content (AvgIpc) is 2.57. The van der Waals surface area contributed by atoms with Crippen molar-refractivity contribution in [3.05, 3.63) is 39.9 Å². The van der Waals surface area contributed by atoms with Crippen LogP contribution in [0.5, 0.6) is 0 Å². The topological polar surface area (TPSA) is 117 Å². The molecule has 1 aliphatic heterocycles. The van der Waals surface area contributed by atoms with E-state index in [0.717, 1.165) is 0 Å². The van der Waals surface area contributed by atoms with Gasteiger partial charge in [-0.25, -0.2) is 4.79 Å². The smallest absolute Gasteiger partial charge is 0.341 e. The normalized spacial score (nSPS) is 31.4. The van der Waals surface area contributed by atoms with Crippen LogP contribution in [-0.2, 0) is 23.7 Å². The van der Waals surface area contributed by atoms with E-state index in [4.69, 9.17) is 18.9 Å². The number of esters is 1. The van der Waals surface area contributed by atoms with Gasteiger partial charge in [-0.3, -0.25) is 10.1 Å². The second-order valence-electron chi connectivity index (χ2n) is 5.55. The quantitative estimate of drug-likeness (QED) is 0.484. The minimum Gasteiger partial charge on any atom is -0.425 e. The van der Waals surface area contributed by atoms with Crippen LogP contribution < -0.4 is 0 Å². The van der Waals surface area contributed by atoms with E-state index in [1.807, 2.05) is 0 Å². The third kappa shape index (κ3) is 2.98. The van der Waals surface area contributed by atoms with Crippen LogP contribution in [0.3, 0.4) is 0 Å². The van der Waals surface area contributed by atoms with Gasteiger partial charge < -0.3 is 24.1 Å². The van der Waals surface area contributed by atoms with Gasteiger partial charge >= 0.3 is 5.97 Å². The number of hydrogen-bond donors (Lipinski definition) is 1. The highest BCUT2D eigenvalue weighted by Gasteiger charge is 2.58. The molecule has 2 rings (SSSR count). The number of cyclic esters (lactones) is 1. The highest BCUT2D eigenvalue weighted by atomic mass is 16.8. The minimum atomic E-state index is -1.50. The van der Waals surface area contributed by atoms with Crippen molar-refractivity contribution in [2.45, 2.75) is 37.6 Å². The van der Waals surface area contributed by atoms with Gasteiger partial charge in [-0.1, -0.05) is 0 Å². The Labute approximate surface area is 138 Å². The van der Waals surface area contributed by atoms with Gasteiger partial charge in [0.25, 0.3) is 11.5 Å². The second-order valence-corrected chi connectivity index (χ2v) is 5.55. The van der Waals surface area contributed by atoms with Gasteiger partial charge in [-0.05, 0) is 24.6 Å². The van der Waals surface area contributed by atoms with Crippen LogP contribution in [0, 0.1) is 10.1 Å². The van der Waals surface area contributed by atoms with Crippen molar-refractivity contribution in [2.75, 3.05) is 14.2 Å². The van der Waals surface area contributed by atoms with E-state index >= 15 is 0 Å². The number of nitro benzene ring substituents is 1. The number of ether oxygens (including phenoxy) is 4. The molecule has 1 fully saturated rings. The maximum Gasteiger partial charge on any atom is 0.341 e. The molecule has 1 heterocycles. The molecular formula is C15H19NO8. The van der Waals surface area contributed by atoms with Gasteiger partial charge in [0.1, 0.15) is 6.10 Å². The second kappa shape index (κ2) is 6.44. The molecule has 1 saturated heterocycles. The molecule has 1 aliphatic rings. The molecule has 9 nitrogen and oxygen atoms in total. The maximum atomic E-state index is 12.2. The predicted molar refractivity (Wildman–Crippen MR) is 79.8 cm³/mol. The maximum absolute atomic E-state index is 12.2. The molecular weight excluding hydrogens is 322 g/mol. The number of carbonyl (C=O) groups is 1. The summed E-state index contributed by atoms with van der Waals surface area (Å²) in [6, 6.07) is 5.13. The predicted octanol–water partition coefficient (Wildman–Crippen LogP) is 1.30. The summed E-state index contributed by atoms with van der Waals surface area (Å²) < 4.78 is 21.4. The van der Waals surface area contributed by atoms with E-state index in [1.54, 1.807) is 0 Å². The third-order valence-corrected chi connectivity index (χ3v) is 4.22. The van der Waals surface area contributed by atoms with Crippen LogP contribution >= 0.6 is 0 Å². The van der Waals surface area contributed by atoms with Gasteiger partial charge in [-0.2, -0.15) is 0 Å². The zero-order chi connectivity index (χ0) is 18.1. The largest absolute Gasteiger partial charge is 0.425 e. The molecule has 0 bridgehead atoms. The molecule has 0 saturated carbocycles. The molecule has 4 atom stereocenters. The summed E-state index contributed by atoms with van der Waals surface area (Å²) in [5, 5.41) is 21.1. The summed E-state index contributed by atoms with van der Waals surface area (Å²) in [6.07, 6.45) is -2.77. The Morgan fingerprint density at radius 3 is 2.21 bits per heavy atom. The molecule has 0 amide bonds. The lowest BCUT2D eigenvalue weighted by molar-refractivity contribution is -0.411. The fraction of sp³-hybridized carbons (Fsp3) is 0.533. The molecule has 1 aromatic rings. The molecule has 0 aliphatic carbocycles. The number of nitro groups is 1. The zero-order valence-corrected chi connectivity index (χ0v) is 13.7. The summed E-state index contributed by atoms with van der Waals surface area (Å²) in [5.41, 5.74) is 0.133. The minimum absolute atomic E-state index is 0.133. The molecule has 0 aromatic heterocycles. The first-order valence-corrected chi connectivity index (χ1v) is 7.11. The van der Waals surface area contributed by atoms with Gasteiger partial charge in [-0.15, -0.1) is 0 Å². The van der Waals surface area contributed by atoms with Crippen molar-refractivity contribution in [2.24, 2.45) is 0 Å². The number of rotatable bonds is 5. The number of aliphatic hydroxyl groups is 1. The molecule has 0 spiro atoms. The Morgan fingerprint density at radius 2 is 1.75 bits per heavy atom. The number of benzene rings is 1. The Kier molecular flexibility index (Phi) is 4.90. The van der Waals surface area contributed by atoms with Crippen LogP contribution in [0.4, 0.5) is 5.69 Å². The number of hydrogen-bond acceptors (Lipinski definition) is 8. The van der Waals surface area contributed by atoms with Gasteiger partial charge in [0.15, 0.2) is 6.10 Å². The monoisotopic (exact) mass is 341 g/mol. The van der Waals surface area contributed by atoms with Crippen LogP contribution in [0.2, 0.25) is 0 Å². The Morgan fingerprint density at radius 1 is 1.21 bits per heavy atom. The van der Waals surface area contributed by atoms with E-state index in [1.165, 1.54) is 52.3 Å². The Hall–Kier alpha value is -2.07. The zero-order valence-electron chi connectivity index (χ0n) is 13.7. The lowest BCUT2D eigenvalue weighted by atomic mass is 10.0. The highest BCUT2D eigenvalue weighted by molar-refractivity contribution is 5.77. The Balaban J connectivity index is 2.27. The number of methoxy groups -OCH3 is 2. The highest BCUT2D eigenvalue weighted by Crippen LogP contribution is 2.40. The lowest BCUT2D eigenvalue weighted by Gasteiger charge is -2.48. The molecule has 132 valence electrons. The molecule has 1 N–H and O–H groups in total. The van der Waals surface area contributed by atoms with E-state index < -0.39 is 34.7 Å². The van der Waals surface area contributed by atoms with Gasteiger partial charge in [0.2, 0.25) is 5.79 Å². The number of aliphatic hydroxyl groups excluding tert-OH is 1. The summed E-state index contributed by atoms with van der Waals surface area (Å²) >= 11 is 0. The summed E-state index contributed by atoms with van der Waals surface area (Å²) in [6.45, 7) is 2.99. The fourth-order valence-corrected chi connectivity index (χ4v) is 2.36. The number of carbonyl (C=O) groups excluding carboxylic acids is 1. The molecule has 9 heteroatoms. The number of nitrogens with zero attached hydrogens (tertiary/aromatic N) is 1. The molecule has 0 radical (unpaired) electrons. The summed E-state index contributed by atoms with van der Waals surface area (Å²) in [7, 11) is 2.69. The van der Waals surface area contributed by atoms with Crippen molar-refractivity contribution in [1.82, 2.24) is 0 Å². The summed E-state index contributed by atoms with van der Waals surface area (Å²) in [5.74, 6) is -3.79. The number of non-ortho nitro benzene ring substituents is 1. The van der Waals surface area contributed by atoms with Crippen LogP contribution in [0.15, 0.2) is 24.3 Å². The van der Waals surface area contributed by atoms with Crippen molar-refractivity contribution in [3.63, 3.8) is 0 Å². The van der Waals surface area contributed by atoms with Gasteiger partial charge in [0.05, 0.1) is 4.92 Å². The van der Waals surface area contributed by atoms with E-state index in [-0.39, 0.29) is 11.3 Å². The van der Waals surface area contributed by atoms with Crippen LogP contribution in [0.1, 0.15) is 25.5 Å². The molecule has 0 unspecified atom stereocenters. The van der Waals surface area contributed by atoms with Gasteiger partial charge in [0, 0.05) is 33.3 Å². The molecule has 1 aromatic carbocycles. The van der Waals surface area contributed by atoms with Crippen LogP contribution in [0.25, 0.3) is 0 Å². The lowest BCUT2D eigenvalue weighted by Crippen LogP contribution is -2.64. The SMILES string of the molecule is CO[C@@]1(C)OC(=O)[C@@H]([C@@H](O)c2ccc([N+](=O)[O-])cc2)O[C@]1(C)OC. The van der Waals surface area contributed by atoms with E-state index in [9.17, 15) is 20.0 Å². The standard InChI is InChI=1S/C15H19NO8/c1-14(21-3)15(2,22-4)24-13(18)12(23-14)11(17)9-5-7-10(8-6-9)16(19)20/h5-8,11-12,17H,1-4H3/t11-,12+,14-,15-/m0/s1. The van der Waals surface area contributed by atoms with Crippen molar-refractivity contribution >= 4 is 11.7 Å². The van der Waals surface area contributed by atoms with E-state index in [0.29, 0.717) is 0 Å². The van der Waals surface area contributed by atoms with E-state index in [2.05, 4.69) is 0 Å². The first-order valence-electron chi connectivity index (χ1n) is 7.11. The first-order chi connectivity index (χ1) is 11.2. The van der Waals surface area contributed by atoms with Crippen molar-refractivity contribution < 1.29 is 33.8 Å². The summed E-state index contributed by atoms with van der Waals surface area (Å²) in [4.78, 5) is 22.3. The van der Waals surface area contributed by atoms with Crippen molar-refractivity contribution in [3.8, 4) is 0 Å². The van der Waals surface area contributed by atoms with Crippen molar-refractivity contribution in [1.29, 1.82) is 0 Å². The Bertz CT molecular complexity index is 633. The average molecular weight is 341 g/mol. The van der Waals surface area contributed by atoms with Crippen LogP contribution in [-0.4, -0.2) is 47.9 Å². The first kappa shape index (κ1) is 18.3. The third-order valence-electron chi connectivity index (χ3n) is 4.22. The fourth-order valence-electron chi connectivity index (χ4n) is 2.36. The molecule has 24 heavy (non-hydrogen) atoms.